The van der Waals surface area contributed by atoms with E-state index in [0.29, 0.717) is 16.4 Å². The number of pyridine rings is 1. The third-order valence-corrected chi connectivity index (χ3v) is 4.28. The smallest absolute Gasteiger partial charge is 0.253 e. The summed E-state index contributed by atoms with van der Waals surface area (Å²) >= 11 is 6.11. The molecule has 0 unspecified atom stereocenters. The second-order valence-corrected chi connectivity index (χ2v) is 6.29. The highest BCUT2D eigenvalue weighted by Gasteiger charge is 2.20. The maximum atomic E-state index is 12.6. The van der Waals surface area contributed by atoms with Crippen molar-refractivity contribution < 1.29 is 9.59 Å². The van der Waals surface area contributed by atoms with Gasteiger partial charge in [0.1, 0.15) is 5.82 Å². The van der Waals surface area contributed by atoms with Crippen LogP contribution in [0.5, 0.6) is 0 Å². The Hall–Kier alpha value is -3.18. The Morgan fingerprint density at radius 2 is 1.63 bits per heavy atom. The number of nitrogens with one attached hydrogen (secondary N) is 2. The highest BCUT2D eigenvalue weighted by Crippen LogP contribution is 2.20. The van der Waals surface area contributed by atoms with Crippen LogP contribution in [-0.2, 0) is 4.79 Å². The molecule has 136 valence electrons. The van der Waals surface area contributed by atoms with Crippen LogP contribution in [0.25, 0.3) is 0 Å². The van der Waals surface area contributed by atoms with Crippen LogP contribution >= 0.6 is 11.6 Å². The van der Waals surface area contributed by atoms with Gasteiger partial charge in [0.15, 0.2) is 0 Å². The summed E-state index contributed by atoms with van der Waals surface area (Å²) in [5, 5.41) is 6.00. The molecular weight excluding hydrogens is 362 g/mol. The van der Waals surface area contributed by atoms with Gasteiger partial charge in [0.2, 0.25) is 5.91 Å². The van der Waals surface area contributed by atoms with E-state index >= 15 is 0 Å². The van der Waals surface area contributed by atoms with Crippen LogP contribution in [0, 0.1) is 0 Å². The van der Waals surface area contributed by atoms with Crippen LogP contribution in [0.2, 0.25) is 5.02 Å². The first-order valence-electron chi connectivity index (χ1n) is 8.44. The van der Waals surface area contributed by atoms with Gasteiger partial charge in [-0.2, -0.15) is 0 Å². The molecule has 0 aliphatic rings. The summed E-state index contributed by atoms with van der Waals surface area (Å²) in [5.74, 6) is -0.117. The van der Waals surface area contributed by atoms with Gasteiger partial charge in [-0.15, -0.1) is 0 Å². The lowest BCUT2D eigenvalue weighted by Crippen LogP contribution is -2.31. The second kappa shape index (κ2) is 8.96. The van der Waals surface area contributed by atoms with Gasteiger partial charge < -0.3 is 10.6 Å². The predicted octanol–water partition coefficient (Wildman–Crippen LogP) is 4.23. The lowest BCUT2D eigenvalue weighted by Gasteiger charge is -2.19. The van der Waals surface area contributed by atoms with Gasteiger partial charge in [-0.3, -0.25) is 9.59 Å². The van der Waals surface area contributed by atoms with Gasteiger partial charge >= 0.3 is 0 Å². The molecule has 2 aromatic carbocycles. The average molecular weight is 380 g/mol. The standard InChI is InChI=1S/C21H18ClN3O2/c22-17-11-5-4-10-16(17)21(27)24-18(15-8-2-1-3-9-15)14-20(26)25-19-12-6-7-13-23-19/h1-13,18H,14H2,(H,24,27)(H,23,25,26)/t18-/m1/s1. The molecule has 5 nitrogen and oxygen atoms in total. The molecule has 6 heteroatoms. The third-order valence-electron chi connectivity index (χ3n) is 3.95. The number of anilines is 1. The molecule has 3 rings (SSSR count). The van der Waals surface area contributed by atoms with Gasteiger partial charge in [0, 0.05) is 6.20 Å². The molecule has 0 saturated carbocycles. The summed E-state index contributed by atoms with van der Waals surface area (Å²) in [6, 6.07) is 20.9. The number of halogens is 1. The molecule has 0 radical (unpaired) electrons. The third kappa shape index (κ3) is 5.15. The van der Waals surface area contributed by atoms with Crippen LogP contribution in [0.3, 0.4) is 0 Å². The first-order valence-corrected chi connectivity index (χ1v) is 8.82. The molecule has 0 bridgehead atoms. The van der Waals surface area contributed by atoms with E-state index in [1.54, 1.807) is 48.7 Å². The van der Waals surface area contributed by atoms with Crippen molar-refractivity contribution in [3.8, 4) is 0 Å². The van der Waals surface area contributed by atoms with Crippen molar-refractivity contribution in [3.05, 3.63) is 95.1 Å². The van der Waals surface area contributed by atoms with Crippen molar-refractivity contribution in [3.63, 3.8) is 0 Å². The number of amides is 2. The number of carbonyl (C=O) groups excluding carboxylic acids is 2. The van der Waals surface area contributed by atoms with E-state index in [1.807, 2.05) is 30.3 Å². The number of hydrogen-bond donors (Lipinski definition) is 2. The Labute approximate surface area is 162 Å². The molecule has 2 amide bonds. The van der Waals surface area contributed by atoms with Gasteiger partial charge in [0.05, 0.1) is 23.0 Å². The van der Waals surface area contributed by atoms with E-state index in [-0.39, 0.29) is 18.2 Å². The molecule has 2 N–H and O–H groups in total. The Morgan fingerprint density at radius 3 is 2.33 bits per heavy atom. The molecule has 1 atom stereocenters. The molecule has 0 fully saturated rings. The summed E-state index contributed by atoms with van der Waals surface area (Å²) in [6.07, 6.45) is 1.67. The van der Waals surface area contributed by atoms with Gasteiger partial charge in [-0.1, -0.05) is 60.1 Å². The molecule has 27 heavy (non-hydrogen) atoms. The molecule has 0 saturated heterocycles. The zero-order valence-corrected chi connectivity index (χ0v) is 15.2. The monoisotopic (exact) mass is 379 g/mol. The van der Waals surface area contributed by atoms with Crippen molar-refractivity contribution in [2.45, 2.75) is 12.5 Å². The molecule has 3 aromatic rings. The van der Waals surface area contributed by atoms with Gasteiger partial charge in [0.25, 0.3) is 5.91 Å². The summed E-state index contributed by atoms with van der Waals surface area (Å²) in [5.41, 5.74) is 1.19. The minimum Gasteiger partial charge on any atom is -0.345 e. The first kappa shape index (κ1) is 18.6. The minimum absolute atomic E-state index is 0.0663. The molecule has 1 aromatic heterocycles. The Bertz CT molecular complexity index is 917. The molecule has 0 aliphatic carbocycles. The quantitative estimate of drug-likeness (QED) is 0.673. The van der Waals surface area contributed by atoms with Crippen molar-refractivity contribution >= 4 is 29.2 Å². The number of hydrogen-bond acceptors (Lipinski definition) is 3. The van der Waals surface area contributed by atoms with Gasteiger partial charge in [-0.05, 0) is 29.8 Å². The zero-order valence-electron chi connectivity index (χ0n) is 14.4. The molecule has 0 aliphatic heterocycles. The van der Waals surface area contributed by atoms with Crippen molar-refractivity contribution in [1.82, 2.24) is 10.3 Å². The Morgan fingerprint density at radius 1 is 0.926 bits per heavy atom. The van der Waals surface area contributed by atoms with E-state index in [2.05, 4.69) is 15.6 Å². The summed E-state index contributed by atoms with van der Waals surface area (Å²) in [6.45, 7) is 0. The molecule has 1 heterocycles. The largest absolute Gasteiger partial charge is 0.345 e. The number of benzene rings is 2. The SMILES string of the molecule is O=C(C[C@@H](NC(=O)c1ccccc1Cl)c1ccccc1)Nc1ccccn1. The first-order chi connectivity index (χ1) is 13.1. The van der Waals surface area contributed by atoms with E-state index in [0.717, 1.165) is 5.56 Å². The van der Waals surface area contributed by atoms with E-state index in [9.17, 15) is 9.59 Å². The number of aromatic nitrogens is 1. The van der Waals surface area contributed by atoms with Crippen LogP contribution < -0.4 is 10.6 Å². The molecular formula is C21H18ClN3O2. The minimum atomic E-state index is -0.501. The maximum absolute atomic E-state index is 12.6. The van der Waals surface area contributed by atoms with E-state index in [1.165, 1.54) is 0 Å². The topological polar surface area (TPSA) is 71.1 Å². The van der Waals surface area contributed by atoms with Crippen LogP contribution in [0.15, 0.2) is 79.0 Å². The highest BCUT2D eigenvalue weighted by molar-refractivity contribution is 6.33. The lowest BCUT2D eigenvalue weighted by molar-refractivity contribution is -0.116. The number of rotatable bonds is 6. The average Bonchev–Trinajstić information content (AvgIpc) is 2.69. The van der Waals surface area contributed by atoms with Crippen molar-refractivity contribution in [1.29, 1.82) is 0 Å². The van der Waals surface area contributed by atoms with Crippen LogP contribution in [0.1, 0.15) is 28.4 Å². The Balaban J connectivity index is 1.76. The fourth-order valence-corrected chi connectivity index (χ4v) is 2.86. The number of carbonyl (C=O) groups is 2. The molecule has 0 spiro atoms. The van der Waals surface area contributed by atoms with Gasteiger partial charge in [-0.25, -0.2) is 4.98 Å². The van der Waals surface area contributed by atoms with E-state index < -0.39 is 6.04 Å². The highest BCUT2D eigenvalue weighted by atomic mass is 35.5. The summed E-state index contributed by atoms with van der Waals surface area (Å²) in [7, 11) is 0. The second-order valence-electron chi connectivity index (χ2n) is 5.88. The predicted molar refractivity (Wildman–Crippen MR) is 106 cm³/mol. The van der Waals surface area contributed by atoms with Crippen LogP contribution in [0.4, 0.5) is 5.82 Å². The van der Waals surface area contributed by atoms with Crippen molar-refractivity contribution in [2.75, 3.05) is 5.32 Å². The normalized spacial score (nSPS) is 11.4. The fraction of sp³-hybridized carbons (Fsp3) is 0.0952. The maximum Gasteiger partial charge on any atom is 0.253 e. The van der Waals surface area contributed by atoms with E-state index in [4.69, 9.17) is 11.6 Å². The summed E-state index contributed by atoms with van der Waals surface area (Å²) < 4.78 is 0. The van der Waals surface area contributed by atoms with Crippen molar-refractivity contribution in [2.24, 2.45) is 0 Å². The summed E-state index contributed by atoms with van der Waals surface area (Å²) in [4.78, 5) is 29.2. The lowest BCUT2D eigenvalue weighted by atomic mass is 10.0. The zero-order chi connectivity index (χ0) is 19.1. The number of nitrogens with zero attached hydrogens (tertiary/aromatic N) is 1. The Kier molecular flexibility index (Phi) is 6.18. The van der Waals surface area contributed by atoms with Crippen LogP contribution in [-0.4, -0.2) is 16.8 Å². The fourth-order valence-electron chi connectivity index (χ4n) is 2.63.